The second-order valence-electron chi connectivity index (χ2n) is 9.38. The maximum atomic E-state index is 15.3. The summed E-state index contributed by atoms with van der Waals surface area (Å²) in [5.74, 6) is -0.493. The van der Waals surface area contributed by atoms with Gasteiger partial charge < -0.3 is 9.80 Å². The number of nitrogens with zero attached hydrogens (tertiary/aromatic N) is 7. The molecule has 0 spiro atoms. The fraction of sp³-hybridized carbons (Fsp3) is 0.259. The molecule has 0 saturated carbocycles. The van der Waals surface area contributed by atoms with E-state index in [4.69, 9.17) is 5.10 Å². The number of hydrogen-bond donors (Lipinski definition) is 0. The van der Waals surface area contributed by atoms with Crippen molar-refractivity contribution in [1.82, 2.24) is 29.4 Å². The summed E-state index contributed by atoms with van der Waals surface area (Å²) in [6.07, 6.45) is 3.36. The van der Waals surface area contributed by atoms with Gasteiger partial charge in [-0.25, -0.2) is 18.4 Å². The number of pyridine rings is 1. The van der Waals surface area contributed by atoms with Gasteiger partial charge in [0.25, 0.3) is 0 Å². The monoisotopic (exact) mass is 501 g/mol. The van der Waals surface area contributed by atoms with Gasteiger partial charge in [0.1, 0.15) is 22.8 Å². The molecule has 6 rings (SSSR count). The molecule has 3 aromatic heterocycles. The van der Waals surface area contributed by atoms with Gasteiger partial charge in [-0.05, 0) is 24.6 Å². The Hall–Kier alpha value is -4.34. The van der Waals surface area contributed by atoms with Gasteiger partial charge in [0.15, 0.2) is 5.82 Å². The van der Waals surface area contributed by atoms with Gasteiger partial charge in [-0.2, -0.15) is 10.2 Å². The quantitative estimate of drug-likeness (QED) is 0.370. The number of benzene rings is 2. The van der Waals surface area contributed by atoms with Gasteiger partial charge in [-0.15, -0.1) is 0 Å². The molecular formula is C27H25F2N7O. The summed E-state index contributed by atoms with van der Waals surface area (Å²) in [5, 5.41) is 10.1. The highest BCUT2D eigenvalue weighted by atomic mass is 19.1. The molecule has 1 saturated heterocycles. The van der Waals surface area contributed by atoms with E-state index in [1.54, 1.807) is 31.0 Å². The van der Waals surface area contributed by atoms with Crippen LogP contribution < -0.4 is 4.90 Å². The van der Waals surface area contributed by atoms with E-state index in [-0.39, 0.29) is 17.0 Å². The van der Waals surface area contributed by atoms with Crippen LogP contribution >= 0.6 is 0 Å². The highest BCUT2D eigenvalue weighted by molar-refractivity contribution is 6.04. The van der Waals surface area contributed by atoms with Crippen LogP contribution in [-0.4, -0.2) is 61.5 Å². The van der Waals surface area contributed by atoms with Crippen LogP contribution in [0, 0.1) is 18.6 Å². The minimum Gasteiger partial charge on any atom is -0.353 e. The summed E-state index contributed by atoms with van der Waals surface area (Å²) in [5.41, 5.74) is 3.24. The smallest absolute Gasteiger partial charge is 0.219 e. The molecule has 1 aliphatic heterocycles. The van der Waals surface area contributed by atoms with E-state index in [9.17, 15) is 9.18 Å². The van der Waals surface area contributed by atoms with Crippen LogP contribution in [0.4, 0.5) is 14.6 Å². The maximum absolute atomic E-state index is 15.3. The summed E-state index contributed by atoms with van der Waals surface area (Å²) < 4.78 is 33.0. The zero-order valence-electron chi connectivity index (χ0n) is 20.7. The fourth-order valence-corrected chi connectivity index (χ4v) is 5.12. The number of rotatable bonds is 3. The van der Waals surface area contributed by atoms with Crippen molar-refractivity contribution in [2.45, 2.75) is 13.8 Å². The van der Waals surface area contributed by atoms with Crippen LogP contribution in [-0.2, 0) is 11.8 Å². The van der Waals surface area contributed by atoms with Gasteiger partial charge in [-0.3, -0.25) is 9.48 Å². The third kappa shape index (κ3) is 3.80. The summed E-state index contributed by atoms with van der Waals surface area (Å²) in [6, 6.07) is 10.5. The third-order valence-corrected chi connectivity index (χ3v) is 6.98. The maximum Gasteiger partial charge on any atom is 0.219 e. The van der Waals surface area contributed by atoms with Crippen molar-refractivity contribution in [2.24, 2.45) is 7.05 Å². The molecule has 5 aromatic rings. The lowest BCUT2D eigenvalue weighted by Gasteiger charge is -2.34. The highest BCUT2D eigenvalue weighted by Crippen LogP contribution is 2.37. The molecule has 0 aliphatic carbocycles. The Balaban J connectivity index is 1.45. The Labute approximate surface area is 211 Å². The number of carbonyl (C=O) groups excluding carboxylic acids is 1. The Morgan fingerprint density at radius 1 is 0.973 bits per heavy atom. The molecule has 0 bridgehead atoms. The zero-order chi connectivity index (χ0) is 25.8. The molecule has 188 valence electrons. The Kier molecular flexibility index (Phi) is 5.40. The van der Waals surface area contributed by atoms with Crippen LogP contribution in [0.5, 0.6) is 0 Å². The molecule has 0 atom stereocenters. The van der Waals surface area contributed by atoms with Gasteiger partial charge in [0.2, 0.25) is 5.91 Å². The topological polar surface area (TPSA) is 72.1 Å². The van der Waals surface area contributed by atoms with E-state index in [1.165, 1.54) is 4.68 Å². The summed E-state index contributed by atoms with van der Waals surface area (Å²) in [4.78, 5) is 20.3. The van der Waals surface area contributed by atoms with Crippen molar-refractivity contribution >= 4 is 33.5 Å². The van der Waals surface area contributed by atoms with E-state index in [2.05, 4.69) is 15.0 Å². The Morgan fingerprint density at radius 3 is 2.46 bits per heavy atom. The fourth-order valence-electron chi connectivity index (χ4n) is 5.12. The number of carbonyl (C=O) groups is 1. The SMILES string of the molecule is CC(=O)N1CCN(c2ccc(-n3nc(-c4c(F)cc(F)c5nn(C)cc45)c4cccc(C)c43)cn2)CC1. The Morgan fingerprint density at radius 2 is 1.76 bits per heavy atom. The van der Waals surface area contributed by atoms with Crippen molar-refractivity contribution in [2.75, 3.05) is 31.1 Å². The van der Waals surface area contributed by atoms with Crippen molar-refractivity contribution in [3.05, 3.63) is 66.0 Å². The minimum absolute atomic E-state index is 0.0841. The molecule has 0 radical (unpaired) electrons. The minimum atomic E-state index is -0.708. The molecule has 0 N–H and O–H groups in total. The lowest BCUT2D eigenvalue weighted by molar-refractivity contribution is -0.129. The third-order valence-electron chi connectivity index (χ3n) is 6.98. The van der Waals surface area contributed by atoms with E-state index in [0.29, 0.717) is 37.3 Å². The first-order chi connectivity index (χ1) is 17.8. The number of aromatic nitrogens is 5. The average molecular weight is 502 g/mol. The number of amides is 1. The second-order valence-corrected chi connectivity index (χ2v) is 9.38. The average Bonchev–Trinajstić information content (AvgIpc) is 3.46. The van der Waals surface area contributed by atoms with Crippen molar-refractivity contribution in [3.63, 3.8) is 0 Å². The van der Waals surface area contributed by atoms with E-state index >= 15 is 4.39 Å². The van der Waals surface area contributed by atoms with Crippen molar-refractivity contribution in [3.8, 4) is 16.9 Å². The predicted octanol–water partition coefficient (Wildman–Crippen LogP) is 4.23. The molecule has 1 amide bonds. The van der Waals surface area contributed by atoms with Gasteiger partial charge in [0, 0.05) is 68.7 Å². The normalized spacial score (nSPS) is 14.2. The van der Waals surface area contributed by atoms with Crippen LogP contribution in [0.2, 0.25) is 0 Å². The molecule has 1 aliphatic rings. The van der Waals surface area contributed by atoms with Gasteiger partial charge in [0.05, 0.1) is 17.4 Å². The van der Waals surface area contributed by atoms with E-state index < -0.39 is 11.6 Å². The highest BCUT2D eigenvalue weighted by Gasteiger charge is 2.24. The molecule has 2 aromatic carbocycles. The van der Waals surface area contributed by atoms with Crippen LogP contribution in [0.1, 0.15) is 12.5 Å². The predicted molar refractivity (Wildman–Crippen MR) is 138 cm³/mol. The van der Waals surface area contributed by atoms with E-state index in [0.717, 1.165) is 34.0 Å². The molecule has 37 heavy (non-hydrogen) atoms. The summed E-state index contributed by atoms with van der Waals surface area (Å²) >= 11 is 0. The Bertz CT molecular complexity index is 1660. The first kappa shape index (κ1) is 23.1. The molecular weight excluding hydrogens is 476 g/mol. The number of aryl methyl sites for hydroxylation is 2. The first-order valence-corrected chi connectivity index (χ1v) is 12.1. The first-order valence-electron chi connectivity index (χ1n) is 12.1. The van der Waals surface area contributed by atoms with Crippen LogP contribution in [0.3, 0.4) is 0 Å². The molecule has 10 heteroatoms. The standard InChI is InChI=1S/C27H25F2N7O/c1-16-5-4-6-19-26(24-20-15-33(3)31-25(20)22(29)13-21(24)28)32-36(27(16)19)18-7-8-23(30-14-18)35-11-9-34(10-12-35)17(2)37/h4-8,13-15H,9-12H2,1-3H3. The lowest BCUT2D eigenvalue weighted by Crippen LogP contribution is -2.48. The van der Waals surface area contributed by atoms with Gasteiger partial charge >= 0.3 is 0 Å². The molecule has 0 unspecified atom stereocenters. The number of para-hydroxylation sites is 1. The van der Waals surface area contributed by atoms with Gasteiger partial charge in [-0.1, -0.05) is 18.2 Å². The van der Waals surface area contributed by atoms with Crippen LogP contribution in [0.15, 0.2) is 48.8 Å². The van der Waals surface area contributed by atoms with Crippen LogP contribution in [0.25, 0.3) is 38.8 Å². The zero-order valence-corrected chi connectivity index (χ0v) is 20.7. The number of halogens is 2. The van der Waals surface area contributed by atoms with Crippen molar-refractivity contribution < 1.29 is 13.6 Å². The number of anilines is 1. The second kappa shape index (κ2) is 8.65. The summed E-state index contributed by atoms with van der Waals surface area (Å²) in [7, 11) is 1.68. The van der Waals surface area contributed by atoms with Crippen molar-refractivity contribution in [1.29, 1.82) is 0 Å². The molecule has 8 nitrogen and oxygen atoms in total. The molecule has 1 fully saturated rings. The largest absolute Gasteiger partial charge is 0.353 e. The van der Waals surface area contributed by atoms with E-state index in [1.807, 2.05) is 42.2 Å². The molecule has 4 heterocycles. The number of fused-ring (bicyclic) bond motifs is 2. The number of hydrogen-bond acceptors (Lipinski definition) is 5. The lowest BCUT2D eigenvalue weighted by atomic mass is 10.0. The number of piperazine rings is 1. The summed E-state index contributed by atoms with van der Waals surface area (Å²) in [6.45, 7) is 6.32.